The van der Waals surface area contributed by atoms with Crippen molar-refractivity contribution >= 4 is 40.0 Å². The van der Waals surface area contributed by atoms with Crippen molar-refractivity contribution in [2.75, 3.05) is 0 Å². The molecule has 1 heterocycles. The Hall–Kier alpha value is -2.84. The Morgan fingerprint density at radius 2 is 1.81 bits per heavy atom. The van der Waals surface area contributed by atoms with E-state index in [-0.39, 0.29) is 11.7 Å². The average molecular weight is 462 g/mol. The predicted molar refractivity (Wildman–Crippen MR) is 121 cm³/mol. The molecular weight excluding hydrogens is 443 g/mol. The number of hydrogen-bond donors (Lipinski definition) is 0. The Kier molecular flexibility index (Phi) is 7.02. The average Bonchev–Trinajstić information content (AvgIpc) is 2.99. The van der Waals surface area contributed by atoms with Crippen molar-refractivity contribution in [2.45, 2.75) is 19.6 Å². The monoisotopic (exact) mass is 461 g/mol. The number of amides is 1. The van der Waals surface area contributed by atoms with E-state index in [1.54, 1.807) is 13.0 Å². The molecule has 2 aromatic carbocycles. The maximum atomic E-state index is 12.8. The number of alkyl halides is 3. The molecule has 0 aliphatic carbocycles. The van der Waals surface area contributed by atoms with Gasteiger partial charge in [-0.1, -0.05) is 73.0 Å². The second kappa shape index (κ2) is 9.53. The van der Waals surface area contributed by atoms with E-state index in [0.717, 1.165) is 29.5 Å². The molecule has 31 heavy (non-hydrogen) atoms. The molecule has 1 saturated heterocycles. The van der Waals surface area contributed by atoms with E-state index in [1.165, 1.54) is 23.1 Å². The zero-order chi connectivity index (χ0) is 22.6. The van der Waals surface area contributed by atoms with Crippen LogP contribution in [-0.2, 0) is 22.3 Å². The van der Waals surface area contributed by atoms with Crippen LogP contribution in [0.3, 0.4) is 0 Å². The molecule has 1 aliphatic rings. The maximum Gasteiger partial charge on any atom is 0.416 e. The number of halogens is 3. The molecule has 0 unspecified atom stereocenters. The SMILES string of the molecule is C=C(/C=C1\SC(=S)N(Cc2ccccc2)C1=O)O/C(=C\C)c1ccc(C(F)(F)F)cc1. The second-order valence-corrected chi connectivity index (χ2v) is 8.23. The van der Waals surface area contributed by atoms with Crippen LogP contribution in [0.1, 0.15) is 23.6 Å². The van der Waals surface area contributed by atoms with Crippen LogP contribution >= 0.6 is 24.0 Å². The van der Waals surface area contributed by atoms with Gasteiger partial charge in [0.15, 0.2) is 0 Å². The van der Waals surface area contributed by atoms with Crippen molar-refractivity contribution in [1.29, 1.82) is 0 Å². The van der Waals surface area contributed by atoms with Crippen LogP contribution < -0.4 is 0 Å². The summed E-state index contributed by atoms with van der Waals surface area (Å²) < 4.78 is 44.4. The maximum absolute atomic E-state index is 12.8. The molecule has 0 spiro atoms. The minimum absolute atomic E-state index is 0.174. The largest absolute Gasteiger partial charge is 0.458 e. The van der Waals surface area contributed by atoms with Gasteiger partial charge in [0.2, 0.25) is 0 Å². The molecule has 0 aromatic heterocycles. The minimum Gasteiger partial charge on any atom is -0.458 e. The Morgan fingerprint density at radius 3 is 2.39 bits per heavy atom. The third kappa shape index (κ3) is 5.65. The third-order valence-corrected chi connectivity index (χ3v) is 5.73. The fraction of sp³-hybridized carbons (Fsp3) is 0.130. The highest BCUT2D eigenvalue weighted by Crippen LogP contribution is 2.34. The van der Waals surface area contributed by atoms with Gasteiger partial charge in [-0.05, 0) is 36.8 Å². The molecule has 1 aliphatic heterocycles. The van der Waals surface area contributed by atoms with Gasteiger partial charge in [-0.15, -0.1) is 0 Å². The van der Waals surface area contributed by atoms with Gasteiger partial charge in [0.1, 0.15) is 15.8 Å². The number of thiocarbonyl (C=S) groups is 1. The van der Waals surface area contributed by atoms with E-state index in [9.17, 15) is 18.0 Å². The number of carbonyl (C=O) groups is 1. The summed E-state index contributed by atoms with van der Waals surface area (Å²) in [6, 6.07) is 14.1. The molecule has 0 atom stereocenters. The smallest absolute Gasteiger partial charge is 0.416 e. The number of rotatable bonds is 6. The van der Waals surface area contributed by atoms with E-state index in [1.807, 2.05) is 30.3 Å². The number of benzene rings is 2. The van der Waals surface area contributed by atoms with E-state index in [2.05, 4.69) is 6.58 Å². The molecule has 0 saturated carbocycles. The van der Waals surface area contributed by atoms with Gasteiger partial charge >= 0.3 is 6.18 Å². The summed E-state index contributed by atoms with van der Waals surface area (Å²) in [5.41, 5.74) is 0.669. The highest BCUT2D eigenvalue weighted by Gasteiger charge is 2.32. The van der Waals surface area contributed by atoms with Gasteiger partial charge in [0, 0.05) is 5.56 Å². The van der Waals surface area contributed by atoms with Crippen molar-refractivity contribution in [3.8, 4) is 0 Å². The summed E-state index contributed by atoms with van der Waals surface area (Å²) in [6.07, 6.45) is -1.31. The number of allylic oxidation sites excluding steroid dienone is 2. The number of hydrogen-bond acceptors (Lipinski definition) is 4. The van der Waals surface area contributed by atoms with Crippen LogP contribution in [0.2, 0.25) is 0 Å². The van der Waals surface area contributed by atoms with E-state index < -0.39 is 11.7 Å². The molecule has 1 fully saturated rings. The molecular formula is C23H18F3NO2S2. The van der Waals surface area contributed by atoms with Crippen molar-refractivity contribution in [1.82, 2.24) is 4.90 Å². The van der Waals surface area contributed by atoms with Crippen molar-refractivity contribution in [3.05, 3.63) is 101 Å². The molecule has 0 N–H and O–H groups in total. The first-order chi connectivity index (χ1) is 14.7. The van der Waals surface area contributed by atoms with Crippen LogP contribution in [0, 0.1) is 0 Å². The standard InChI is InChI=1S/C23H18F3NO2S2/c1-3-19(17-9-11-18(12-10-17)23(24,25)26)29-15(2)13-20-21(28)27(22(30)31-20)14-16-7-5-4-6-8-16/h3-13H,2,14H2,1H3/b19-3-,20-13-. The highest BCUT2D eigenvalue weighted by molar-refractivity contribution is 8.26. The van der Waals surface area contributed by atoms with Gasteiger partial charge in [0.05, 0.1) is 17.0 Å². The first kappa shape index (κ1) is 22.8. The Morgan fingerprint density at radius 1 is 1.16 bits per heavy atom. The lowest BCUT2D eigenvalue weighted by Crippen LogP contribution is -2.27. The van der Waals surface area contributed by atoms with Crippen LogP contribution in [0.15, 0.2) is 84.0 Å². The van der Waals surface area contributed by atoms with E-state index >= 15 is 0 Å². The highest BCUT2D eigenvalue weighted by atomic mass is 32.2. The second-order valence-electron chi connectivity index (χ2n) is 6.55. The Bertz CT molecular complexity index is 1060. The number of ether oxygens (including phenoxy) is 1. The molecule has 3 rings (SSSR count). The zero-order valence-electron chi connectivity index (χ0n) is 16.5. The molecule has 0 bridgehead atoms. The minimum atomic E-state index is -4.41. The zero-order valence-corrected chi connectivity index (χ0v) is 18.1. The summed E-state index contributed by atoms with van der Waals surface area (Å²) in [4.78, 5) is 14.6. The number of nitrogens with zero attached hydrogens (tertiary/aromatic N) is 1. The Labute approximate surface area is 187 Å². The van der Waals surface area contributed by atoms with Gasteiger partial charge in [-0.25, -0.2) is 0 Å². The fourth-order valence-electron chi connectivity index (χ4n) is 2.83. The van der Waals surface area contributed by atoms with Crippen LogP contribution in [0.25, 0.3) is 5.76 Å². The van der Waals surface area contributed by atoms with E-state index in [0.29, 0.717) is 27.1 Å². The van der Waals surface area contributed by atoms with Crippen molar-refractivity contribution in [3.63, 3.8) is 0 Å². The van der Waals surface area contributed by atoms with Crippen molar-refractivity contribution < 1.29 is 22.7 Å². The molecule has 2 aromatic rings. The molecule has 0 radical (unpaired) electrons. The lowest BCUT2D eigenvalue weighted by atomic mass is 10.1. The van der Waals surface area contributed by atoms with Gasteiger partial charge in [0.25, 0.3) is 5.91 Å². The molecule has 1 amide bonds. The fourth-order valence-corrected chi connectivity index (χ4v) is 4.08. The molecule has 8 heteroatoms. The van der Waals surface area contributed by atoms with Crippen molar-refractivity contribution in [2.24, 2.45) is 0 Å². The lowest BCUT2D eigenvalue weighted by Gasteiger charge is -2.14. The van der Waals surface area contributed by atoms with Crippen LogP contribution in [0.5, 0.6) is 0 Å². The lowest BCUT2D eigenvalue weighted by molar-refractivity contribution is -0.137. The predicted octanol–water partition coefficient (Wildman–Crippen LogP) is 6.54. The molecule has 3 nitrogen and oxygen atoms in total. The summed E-state index contributed by atoms with van der Waals surface area (Å²) in [5, 5.41) is 0. The summed E-state index contributed by atoms with van der Waals surface area (Å²) in [5.74, 6) is 0.253. The van der Waals surface area contributed by atoms with Gasteiger partial charge in [-0.2, -0.15) is 13.2 Å². The van der Waals surface area contributed by atoms with Gasteiger partial charge in [-0.3, -0.25) is 9.69 Å². The first-order valence-corrected chi connectivity index (χ1v) is 10.4. The summed E-state index contributed by atoms with van der Waals surface area (Å²) in [7, 11) is 0. The van der Waals surface area contributed by atoms with Crippen LogP contribution in [-0.4, -0.2) is 15.1 Å². The van der Waals surface area contributed by atoms with Gasteiger partial charge < -0.3 is 4.74 Å². The summed E-state index contributed by atoms with van der Waals surface area (Å²) in [6.45, 7) is 5.87. The Balaban J connectivity index is 1.70. The third-order valence-electron chi connectivity index (χ3n) is 4.35. The topological polar surface area (TPSA) is 29.5 Å². The molecule has 160 valence electrons. The van der Waals surface area contributed by atoms with Crippen LogP contribution in [0.4, 0.5) is 13.2 Å². The number of thioether (sulfide) groups is 1. The number of carbonyl (C=O) groups excluding carboxylic acids is 1. The normalized spacial score (nSPS) is 16.2. The summed E-state index contributed by atoms with van der Waals surface area (Å²) >= 11 is 6.48. The quantitative estimate of drug-likeness (QED) is 0.278. The first-order valence-electron chi connectivity index (χ1n) is 9.19. The van der Waals surface area contributed by atoms with E-state index in [4.69, 9.17) is 17.0 Å².